The first kappa shape index (κ1) is 26.1. The second kappa shape index (κ2) is 12.3. The summed E-state index contributed by atoms with van der Waals surface area (Å²) < 4.78 is 0. The first-order valence-electron chi connectivity index (χ1n) is 13.4. The number of nitrogens with one attached hydrogen (secondary N) is 1. The molecule has 0 atom stereocenters. The second-order valence-corrected chi connectivity index (χ2v) is 10.4. The molecule has 1 aliphatic carbocycles. The van der Waals surface area contributed by atoms with Gasteiger partial charge in [-0.2, -0.15) is 4.98 Å². The van der Waals surface area contributed by atoms with E-state index in [1.54, 1.807) is 4.90 Å². The zero-order valence-corrected chi connectivity index (χ0v) is 22.4. The van der Waals surface area contributed by atoms with Crippen molar-refractivity contribution < 1.29 is 6.22 Å². The number of hydrogen-bond donors (Lipinski definition) is 1. The van der Waals surface area contributed by atoms with E-state index >= 15 is 0 Å². The predicted octanol–water partition coefficient (Wildman–Crippen LogP) is 3.79. The van der Waals surface area contributed by atoms with Gasteiger partial charge in [0, 0.05) is 72.1 Å². The van der Waals surface area contributed by atoms with Crippen LogP contribution in [-0.4, -0.2) is 90.1 Å². The molecule has 0 radical (unpaired) electrons. The van der Waals surface area contributed by atoms with Crippen molar-refractivity contribution in [3.8, 4) is 0 Å². The van der Waals surface area contributed by atoms with Gasteiger partial charge in [-0.15, -0.1) is 0 Å². The number of nitrogens with zero attached hydrogens (tertiary/aromatic N) is 7. The van der Waals surface area contributed by atoms with E-state index in [-0.39, 0.29) is 1.43 Å². The van der Waals surface area contributed by atoms with Crippen LogP contribution < -0.4 is 15.1 Å². The van der Waals surface area contributed by atoms with Gasteiger partial charge >= 0.3 is 0 Å². The number of piperazine rings is 1. The molecule has 1 saturated heterocycles. The van der Waals surface area contributed by atoms with Crippen molar-refractivity contribution in [3.63, 3.8) is 0 Å². The molecule has 0 aromatic carbocycles. The predicted molar refractivity (Wildman–Crippen MR) is 148 cm³/mol. The van der Waals surface area contributed by atoms with E-state index in [4.69, 9.17) is 4.98 Å². The van der Waals surface area contributed by atoms with Crippen LogP contribution >= 0.6 is 0 Å². The summed E-state index contributed by atoms with van der Waals surface area (Å²) in [5.41, 5.74) is 2.28. The Bertz CT molecular complexity index is 975. The van der Waals surface area contributed by atoms with Crippen LogP contribution in [0, 0.1) is 0 Å². The molecule has 2 aromatic rings. The molecule has 2 aromatic heterocycles. The van der Waals surface area contributed by atoms with Crippen molar-refractivity contribution in [3.05, 3.63) is 30.1 Å². The standard InChI is InChI=1S/C27H42N8O.H2/c1-21(2)34-14-16-35(17-15-34)24-11-12-25(28-19-24)30-27-29-18-22(8-7-13-32(3)20-36)26(31-27)33(4)23-9-5-6-10-23;/h11-12,18-21,23H,5-10,13-17H2,1-4H3,(H,28,29,30,31);1H. The van der Waals surface area contributed by atoms with Crippen molar-refractivity contribution in [2.24, 2.45) is 0 Å². The van der Waals surface area contributed by atoms with Crippen molar-refractivity contribution in [1.29, 1.82) is 0 Å². The van der Waals surface area contributed by atoms with Crippen LogP contribution in [0.25, 0.3) is 0 Å². The van der Waals surface area contributed by atoms with Crippen LogP contribution in [0.3, 0.4) is 0 Å². The Morgan fingerprint density at radius 2 is 1.86 bits per heavy atom. The zero-order valence-electron chi connectivity index (χ0n) is 22.4. The number of aromatic nitrogens is 3. The van der Waals surface area contributed by atoms with Crippen LogP contribution in [0.2, 0.25) is 0 Å². The third kappa shape index (κ3) is 6.63. The summed E-state index contributed by atoms with van der Waals surface area (Å²) in [6.07, 6.45) is 11.4. The van der Waals surface area contributed by atoms with Gasteiger partial charge in [0.2, 0.25) is 12.4 Å². The Hall–Kier alpha value is -2.94. The molecule has 9 nitrogen and oxygen atoms in total. The van der Waals surface area contributed by atoms with Gasteiger partial charge in [-0.3, -0.25) is 9.69 Å². The maximum Gasteiger partial charge on any atom is 0.230 e. The maximum absolute atomic E-state index is 10.9. The summed E-state index contributed by atoms with van der Waals surface area (Å²) in [6, 6.07) is 5.25. The number of rotatable bonds is 11. The highest BCUT2D eigenvalue weighted by Crippen LogP contribution is 2.29. The Labute approximate surface area is 217 Å². The molecular formula is C27H44N8O. The Morgan fingerprint density at radius 3 is 2.50 bits per heavy atom. The first-order chi connectivity index (χ1) is 17.4. The number of pyridine rings is 1. The van der Waals surface area contributed by atoms with Gasteiger partial charge < -0.3 is 20.0 Å². The molecule has 0 bridgehead atoms. The van der Waals surface area contributed by atoms with E-state index in [1.807, 2.05) is 25.5 Å². The lowest BCUT2D eigenvalue weighted by atomic mass is 10.1. The molecule has 4 rings (SSSR count). The van der Waals surface area contributed by atoms with E-state index in [2.05, 4.69) is 56.9 Å². The topological polar surface area (TPSA) is 80.7 Å². The monoisotopic (exact) mass is 496 g/mol. The zero-order chi connectivity index (χ0) is 25.5. The van der Waals surface area contributed by atoms with Crippen LogP contribution in [0.15, 0.2) is 24.5 Å². The third-order valence-corrected chi connectivity index (χ3v) is 7.58. The fourth-order valence-corrected chi connectivity index (χ4v) is 5.23. The molecule has 198 valence electrons. The molecule has 3 heterocycles. The minimum atomic E-state index is 0. The van der Waals surface area contributed by atoms with Gasteiger partial charge in [-0.1, -0.05) is 12.8 Å². The molecule has 2 fully saturated rings. The van der Waals surface area contributed by atoms with E-state index in [9.17, 15) is 4.79 Å². The average molecular weight is 497 g/mol. The highest BCUT2D eigenvalue weighted by atomic mass is 16.1. The Balaban J connectivity index is 0.00000380. The Morgan fingerprint density at radius 1 is 1.11 bits per heavy atom. The van der Waals surface area contributed by atoms with Crippen molar-refractivity contribution in [2.75, 3.05) is 61.9 Å². The number of amides is 1. The second-order valence-electron chi connectivity index (χ2n) is 10.4. The summed E-state index contributed by atoms with van der Waals surface area (Å²) in [7, 11) is 3.96. The van der Waals surface area contributed by atoms with Crippen LogP contribution in [-0.2, 0) is 11.2 Å². The summed E-state index contributed by atoms with van der Waals surface area (Å²) in [5, 5.41) is 3.31. The van der Waals surface area contributed by atoms with Crippen LogP contribution in [0.4, 0.5) is 23.3 Å². The smallest absolute Gasteiger partial charge is 0.230 e. The largest absolute Gasteiger partial charge is 0.368 e. The van der Waals surface area contributed by atoms with E-state index in [1.165, 1.54) is 25.7 Å². The molecule has 1 amide bonds. The lowest BCUT2D eigenvalue weighted by Gasteiger charge is -2.38. The van der Waals surface area contributed by atoms with E-state index in [0.29, 0.717) is 18.0 Å². The van der Waals surface area contributed by atoms with Gasteiger partial charge in [-0.25, -0.2) is 9.97 Å². The fraction of sp³-hybridized carbons (Fsp3) is 0.630. The van der Waals surface area contributed by atoms with E-state index < -0.39 is 0 Å². The van der Waals surface area contributed by atoms with Crippen LogP contribution in [0.1, 0.15) is 52.9 Å². The number of aryl methyl sites for hydroxylation is 1. The fourth-order valence-electron chi connectivity index (χ4n) is 5.23. The summed E-state index contributed by atoms with van der Waals surface area (Å²) >= 11 is 0. The molecule has 9 heteroatoms. The molecule has 0 spiro atoms. The maximum atomic E-state index is 10.9. The third-order valence-electron chi connectivity index (χ3n) is 7.58. The van der Waals surface area contributed by atoms with Gasteiger partial charge in [0.1, 0.15) is 11.6 Å². The van der Waals surface area contributed by atoms with Gasteiger partial charge in [-0.05, 0) is 51.7 Å². The highest BCUT2D eigenvalue weighted by Gasteiger charge is 2.23. The molecule has 1 saturated carbocycles. The quantitative estimate of drug-likeness (QED) is 0.471. The molecule has 1 N–H and O–H groups in total. The number of hydrogen-bond acceptors (Lipinski definition) is 8. The van der Waals surface area contributed by atoms with E-state index in [0.717, 1.165) is 74.9 Å². The number of carbonyl (C=O) groups is 1. The number of anilines is 4. The SMILES string of the molecule is CC(C)N1CCN(c2ccc(Nc3ncc(CCCN(C)C=O)c(N(C)C4CCCC4)n3)nc2)CC1.[HH]. The van der Waals surface area contributed by atoms with Gasteiger partial charge in [0.25, 0.3) is 0 Å². The minimum absolute atomic E-state index is 0. The number of carbonyl (C=O) groups excluding carboxylic acids is 1. The normalized spacial score (nSPS) is 17.0. The minimum Gasteiger partial charge on any atom is -0.368 e. The summed E-state index contributed by atoms with van der Waals surface area (Å²) in [6.45, 7) is 9.46. The molecular weight excluding hydrogens is 452 g/mol. The lowest BCUT2D eigenvalue weighted by molar-refractivity contribution is -0.117. The molecule has 2 aliphatic rings. The van der Waals surface area contributed by atoms with Gasteiger partial charge in [0.15, 0.2) is 0 Å². The summed E-state index contributed by atoms with van der Waals surface area (Å²) in [4.78, 5) is 34.1. The van der Waals surface area contributed by atoms with Crippen LogP contribution in [0.5, 0.6) is 0 Å². The first-order valence-corrected chi connectivity index (χ1v) is 13.4. The van der Waals surface area contributed by atoms with Crippen molar-refractivity contribution >= 4 is 29.7 Å². The lowest BCUT2D eigenvalue weighted by Crippen LogP contribution is -2.48. The molecule has 36 heavy (non-hydrogen) atoms. The Kier molecular flexibility index (Phi) is 8.96. The molecule has 0 unspecified atom stereocenters. The molecule has 1 aliphatic heterocycles. The van der Waals surface area contributed by atoms with Crippen molar-refractivity contribution in [1.82, 2.24) is 24.8 Å². The summed E-state index contributed by atoms with van der Waals surface area (Å²) in [5.74, 6) is 2.29. The highest BCUT2D eigenvalue weighted by molar-refractivity contribution is 5.57. The van der Waals surface area contributed by atoms with Crippen molar-refractivity contribution in [2.45, 2.75) is 64.5 Å². The van der Waals surface area contributed by atoms with Gasteiger partial charge in [0.05, 0.1) is 11.9 Å². The average Bonchev–Trinajstić information content (AvgIpc) is 3.44.